The van der Waals surface area contributed by atoms with Gasteiger partial charge in [0.1, 0.15) is 6.79 Å². The molecule has 1 aliphatic rings. The third kappa shape index (κ3) is 3.51. The second-order valence-corrected chi connectivity index (χ2v) is 3.43. The average molecular weight is 203 g/mol. The Balaban J connectivity index is 2.24. The van der Waals surface area contributed by atoms with Crippen LogP contribution < -0.4 is 5.73 Å². The van der Waals surface area contributed by atoms with E-state index >= 15 is 0 Å². The first kappa shape index (κ1) is 11.3. The van der Waals surface area contributed by atoms with E-state index in [0.29, 0.717) is 6.61 Å². The Hall–Kier alpha value is -0.810. The van der Waals surface area contributed by atoms with Gasteiger partial charge in [-0.2, -0.15) is 0 Å². The van der Waals surface area contributed by atoms with Crippen LogP contribution in [-0.4, -0.2) is 32.7 Å². The zero-order valence-corrected chi connectivity index (χ0v) is 8.40. The normalized spacial score (nSPS) is 26.4. The number of hydrogen-bond acceptors (Lipinski definition) is 4. The highest BCUT2D eigenvalue weighted by molar-refractivity contribution is 5.64. The molecule has 5 nitrogen and oxygen atoms in total. The van der Waals surface area contributed by atoms with E-state index in [-0.39, 0.29) is 18.8 Å². The van der Waals surface area contributed by atoms with Crippen molar-refractivity contribution in [2.24, 2.45) is 11.7 Å². The molecule has 0 aromatic rings. The Bertz CT molecular complexity index is 186. The quantitative estimate of drug-likeness (QED) is 0.673. The third-order valence-electron chi connectivity index (χ3n) is 2.43. The van der Waals surface area contributed by atoms with Crippen LogP contribution in [0.1, 0.15) is 19.3 Å². The standard InChI is InChI=1S/C9H17NO4/c1-12-6-14-8-4-2-3-7(8)5-13-9(10)11/h7-8H,2-6H2,1H3,(H2,10,11)/t7-,8+/m0/s1. The first-order valence-corrected chi connectivity index (χ1v) is 4.76. The largest absolute Gasteiger partial charge is 0.449 e. The summed E-state index contributed by atoms with van der Waals surface area (Å²) in [4.78, 5) is 10.4. The molecule has 1 rings (SSSR count). The van der Waals surface area contributed by atoms with Gasteiger partial charge in [0.25, 0.3) is 0 Å². The minimum atomic E-state index is -0.720. The Morgan fingerprint density at radius 2 is 2.29 bits per heavy atom. The molecule has 5 heteroatoms. The zero-order chi connectivity index (χ0) is 10.4. The maximum atomic E-state index is 10.4. The molecular formula is C9H17NO4. The van der Waals surface area contributed by atoms with Crippen LogP contribution in [-0.2, 0) is 14.2 Å². The van der Waals surface area contributed by atoms with E-state index in [2.05, 4.69) is 0 Å². The molecule has 0 radical (unpaired) electrons. The highest BCUT2D eigenvalue weighted by Gasteiger charge is 2.28. The molecule has 2 atom stereocenters. The molecule has 1 aliphatic carbocycles. The zero-order valence-electron chi connectivity index (χ0n) is 8.40. The second kappa shape index (κ2) is 5.82. The monoisotopic (exact) mass is 203 g/mol. The maximum Gasteiger partial charge on any atom is 0.404 e. The van der Waals surface area contributed by atoms with Gasteiger partial charge >= 0.3 is 6.09 Å². The molecule has 1 saturated carbocycles. The van der Waals surface area contributed by atoms with Crippen LogP contribution in [0, 0.1) is 5.92 Å². The Morgan fingerprint density at radius 1 is 1.50 bits per heavy atom. The number of carbonyl (C=O) groups excluding carboxylic acids is 1. The van der Waals surface area contributed by atoms with Crippen LogP contribution in [0.2, 0.25) is 0 Å². The van der Waals surface area contributed by atoms with Gasteiger partial charge in [-0.15, -0.1) is 0 Å². The number of rotatable bonds is 5. The third-order valence-corrected chi connectivity index (χ3v) is 2.43. The van der Waals surface area contributed by atoms with Crippen molar-refractivity contribution in [2.75, 3.05) is 20.5 Å². The molecule has 1 fully saturated rings. The molecule has 2 N–H and O–H groups in total. The number of carbonyl (C=O) groups is 1. The van der Waals surface area contributed by atoms with Crippen molar-refractivity contribution in [1.82, 2.24) is 0 Å². The Morgan fingerprint density at radius 3 is 2.93 bits per heavy atom. The SMILES string of the molecule is COCO[C@@H]1CCC[C@H]1COC(N)=O. The number of amides is 1. The summed E-state index contributed by atoms with van der Waals surface area (Å²) in [6.07, 6.45) is 2.52. The van der Waals surface area contributed by atoms with Crippen LogP contribution in [0.3, 0.4) is 0 Å². The minimum Gasteiger partial charge on any atom is -0.449 e. The Kier molecular flexibility index (Phi) is 4.69. The number of hydrogen-bond donors (Lipinski definition) is 1. The fraction of sp³-hybridized carbons (Fsp3) is 0.889. The molecule has 0 saturated heterocycles. The van der Waals surface area contributed by atoms with Gasteiger partial charge in [0, 0.05) is 13.0 Å². The van der Waals surface area contributed by atoms with Crippen molar-refractivity contribution in [3.8, 4) is 0 Å². The molecule has 1 amide bonds. The van der Waals surface area contributed by atoms with Crippen molar-refractivity contribution < 1.29 is 19.0 Å². The molecule has 0 aromatic carbocycles. The first-order chi connectivity index (χ1) is 6.74. The molecule has 0 aliphatic heterocycles. The van der Waals surface area contributed by atoms with Gasteiger partial charge in [-0.3, -0.25) is 0 Å². The van der Waals surface area contributed by atoms with E-state index in [1.807, 2.05) is 0 Å². The highest BCUT2D eigenvalue weighted by Crippen LogP contribution is 2.28. The molecule has 14 heavy (non-hydrogen) atoms. The number of nitrogens with two attached hydrogens (primary N) is 1. The summed E-state index contributed by atoms with van der Waals surface area (Å²) in [5.41, 5.74) is 4.89. The fourth-order valence-corrected chi connectivity index (χ4v) is 1.76. The van der Waals surface area contributed by atoms with Gasteiger partial charge in [0.2, 0.25) is 0 Å². The van der Waals surface area contributed by atoms with Crippen molar-refractivity contribution in [1.29, 1.82) is 0 Å². The van der Waals surface area contributed by atoms with E-state index in [9.17, 15) is 4.79 Å². The second-order valence-electron chi connectivity index (χ2n) is 3.43. The smallest absolute Gasteiger partial charge is 0.404 e. The van der Waals surface area contributed by atoms with Crippen molar-refractivity contribution in [3.63, 3.8) is 0 Å². The summed E-state index contributed by atoms with van der Waals surface area (Å²) in [7, 11) is 1.59. The van der Waals surface area contributed by atoms with Gasteiger partial charge in [-0.1, -0.05) is 6.42 Å². The number of methoxy groups -OCH3 is 1. The van der Waals surface area contributed by atoms with Crippen molar-refractivity contribution in [3.05, 3.63) is 0 Å². The molecule has 0 heterocycles. The van der Waals surface area contributed by atoms with Crippen molar-refractivity contribution >= 4 is 6.09 Å². The average Bonchev–Trinajstić information content (AvgIpc) is 2.58. The summed E-state index contributed by atoms with van der Waals surface area (Å²) in [5.74, 6) is 0.262. The van der Waals surface area contributed by atoms with Gasteiger partial charge in [0.15, 0.2) is 0 Å². The van der Waals surface area contributed by atoms with Gasteiger partial charge in [-0.05, 0) is 12.8 Å². The van der Waals surface area contributed by atoms with E-state index in [0.717, 1.165) is 19.3 Å². The molecule has 0 unspecified atom stereocenters. The summed E-state index contributed by atoms with van der Waals surface area (Å²) in [5, 5.41) is 0. The summed E-state index contributed by atoms with van der Waals surface area (Å²) in [6.45, 7) is 0.640. The molecule has 0 aromatic heterocycles. The van der Waals surface area contributed by atoms with Crippen LogP contribution in [0.5, 0.6) is 0 Å². The molecule has 0 bridgehead atoms. The topological polar surface area (TPSA) is 70.8 Å². The van der Waals surface area contributed by atoms with E-state index < -0.39 is 6.09 Å². The lowest BCUT2D eigenvalue weighted by molar-refractivity contribution is -0.0889. The van der Waals surface area contributed by atoms with Crippen LogP contribution >= 0.6 is 0 Å². The maximum absolute atomic E-state index is 10.4. The lowest BCUT2D eigenvalue weighted by Gasteiger charge is -2.18. The summed E-state index contributed by atoms with van der Waals surface area (Å²) >= 11 is 0. The van der Waals surface area contributed by atoms with E-state index in [1.165, 1.54) is 0 Å². The van der Waals surface area contributed by atoms with E-state index in [4.69, 9.17) is 19.9 Å². The summed E-state index contributed by atoms with van der Waals surface area (Å²) in [6, 6.07) is 0. The Labute approximate surface area is 83.5 Å². The minimum absolute atomic E-state index is 0.134. The fourth-order valence-electron chi connectivity index (χ4n) is 1.76. The van der Waals surface area contributed by atoms with Gasteiger partial charge < -0.3 is 19.9 Å². The number of primary amides is 1. The van der Waals surface area contributed by atoms with E-state index in [1.54, 1.807) is 7.11 Å². The first-order valence-electron chi connectivity index (χ1n) is 4.76. The lowest BCUT2D eigenvalue weighted by Crippen LogP contribution is -2.26. The van der Waals surface area contributed by atoms with Crippen LogP contribution in [0.4, 0.5) is 4.79 Å². The van der Waals surface area contributed by atoms with Crippen LogP contribution in [0.15, 0.2) is 0 Å². The van der Waals surface area contributed by atoms with Crippen LogP contribution in [0.25, 0.3) is 0 Å². The van der Waals surface area contributed by atoms with Crippen molar-refractivity contribution in [2.45, 2.75) is 25.4 Å². The summed E-state index contributed by atoms with van der Waals surface area (Å²) < 4.78 is 15.0. The molecule has 0 spiro atoms. The van der Waals surface area contributed by atoms with Gasteiger partial charge in [-0.25, -0.2) is 4.79 Å². The molecular weight excluding hydrogens is 186 g/mol. The van der Waals surface area contributed by atoms with Gasteiger partial charge in [0.05, 0.1) is 12.7 Å². The predicted molar refractivity (Wildman–Crippen MR) is 49.6 cm³/mol. The molecule has 82 valence electrons. The predicted octanol–water partition coefficient (Wildman–Crippen LogP) is 0.871. The number of ether oxygens (including phenoxy) is 3. The lowest BCUT2D eigenvalue weighted by atomic mass is 10.1. The highest BCUT2D eigenvalue weighted by atomic mass is 16.7.